The predicted octanol–water partition coefficient (Wildman–Crippen LogP) is 2.08. The summed E-state index contributed by atoms with van der Waals surface area (Å²) in [6, 6.07) is 5.43. The van der Waals surface area contributed by atoms with Gasteiger partial charge in [-0.05, 0) is 12.1 Å². The first-order valence-corrected chi connectivity index (χ1v) is 7.87. The van der Waals surface area contributed by atoms with Crippen molar-refractivity contribution in [1.82, 2.24) is 15.0 Å². The van der Waals surface area contributed by atoms with Crippen LogP contribution in [0.3, 0.4) is 0 Å². The highest BCUT2D eigenvalue weighted by Gasteiger charge is 2.16. The Morgan fingerprint density at radius 3 is 2.83 bits per heavy atom. The van der Waals surface area contributed by atoms with Crippen molar-refractivity contribution in [2.45, 2.75) is 6.92 Å². The van der Waals surface area contributed by atoms with Crippen LogP contribution in [-0.2, 0) is 4.79 Å². The molecule has 3 rings (SSSR count). The minimum atomic E-state index is -0.171. The second kappa shape index (κ2) is 6.20. The van der Waals surface area contributed by atoms with Gasteiger partial charge in [0.2, 0.25) is 5.91 Å². The number of nitrogens with two attached hydrogens (primary N) is 1. The van der Waals surface area contributed by atoms with Crippen molar-refractivity contribution in [2.75, 3.05) is 23.4 Å². The van der Waals surface area contributed by atoms with E-state index in [0.717, 1.165) is 10.2 Å². The van der Waals surface area contributed by atoms with Gasteiger partial charge in [0.15, 0.2) is 5.13 Å². The molecule has 0 aliphatic heterocycles. The summed E-state index contributed by atoms with van der Waals surface area (Å²) in [5.41, 5.74) is 8.01. The number of hydrogen-bond donors (Lipinski definition) is 4. The van der Waals surface area contributed by atoms with E-state index in [1.54, 1.807) is 19.2 Å². The molecular weight excluding hydrogens is 326 g/mol. The average Bonchev–Trinajstić information content (AvgIpc) is 2.94. The average molecular weight is 341 g/mol. The molecule has 0 unspecified atom stereocenters. The van der Waals surface area contributed by atoms with Gasteiger partial charge in [-0.3, -0.25) is 10.2 Å². The molecule has 2 aromatic heterocycles. The van der Waals surface area contributed by atoms with Gasteiger partial charge in [-0.1, -0.05) is 17.4 Å². The topological polar surface area (TPSA) is 130 Å². The SMILES string of the molecule is CNc1ncnc(N)c1C(=N)c1ccc2nc(NC(C)=O)sc2c1. The quantitative estimate of drug-likeness (QED) is 0.538. The van der Waals surface area contributed by atoms with E-state index in [1.165, 1.54) is 24.6 Å². The number of amides is 1. The summed E-state index contributed by atoms with van der Waals surface area (Å²) in [5.74, 6) is 0.563. The zero-order valence-electron chi connectivity index (χ0n) is 13.0. The minimum absolute atomic E-state index is 0.171. The number of anilines is 3. The predicted molar refractivity (Wildman–Crippen MR) is 95.8 cm³/mol. The Morgan fingerprint density at radius 2 is 2.12 bits per heavy atom. The van der Waals surface area contributed by atoms with Gasteiger partial charge in [0.25, 0.3) is 0 Å². The van der Waals surface area contributed by atoms with E-state index in [4.69, 9.17) is 11.1 Å². The minimum Gasteiger partial charge on any atom is -0.383 e. The molecule has 0 radical (unpaired) electrons. The Kier molecular flexibility index (Phi) is 4.09. The first-order chi connectivity index (χ1) is 11.5. The fourth-order valence-electron chi connectivity index (χ4n) is 2.26. The Hall–Kier alpha value is -3.07. The van der Waals surface area contributed by atoms with Crippen molar-refractivity contribution >= 4 is 49.9 Å². The van der Waals surface area contributed by atoms with E-state index in [9.17, 15) is 4.79 Å². The van der Waals surface area contributed by atoms with Crippen LogP contribution < -0.4 is 16.4 Å². The van der Waals surface area contributed by atoms with Crippen LogP contribution >= 0.6 is 11.3 Å². The second-order valence-electron chi connectivity index (χ2n) is 4.99. The molecule has 0 saturated heterocycles. The van der Waals surface area contributed by atoms with Crippen molar-refractivity contribution in [2.24, 2.45) is 0 Å². The van der Waals surface area contributed by atoms with E-state index < -0.39 is 0 Å². The third-order valence-corrected chi connectivity index (χ3v) is 4.26. The van der Waals surface area contributed by atoms with E-state index in [0.29, 0.717) is 22.1 Å². The van der Waals surface area contributed by atoms with Crippen molar-refractivity contribution < 1.29 is 4.79 Å². The van der Waals surface area contributed by atoms with Crippen LogP contribution in [0.25, 0.3) is 10.2 Å². The van der Waals surface area contributed by atoms with Gasteiger partial charge >= 0.3 is 0 Å². The Bertz CT molecular complexity index is 950. The molecule has 0 aliphatic rings. The fourth-order valence-corrected chi connectivity index (χ4v) is 3.21. The molecule has 9 heteroatoms. The van der Waals surface area contributed by atoms with Crippen LogP contribution in [0.2, 0.25) is 0 Å². The largest absolute Gasteiger partial charge is 0.383 e. The molecule has 0 aliphatic carbocycles. The number of fused-ring (bicyclic) bond motifs is 1. The third-order valence-electron chi connectivity index (χ3n) is 3.32. The molecule has 2 heterocycles. The number of thiazole rings is 1. The van der Waals surface area contributed by atoms with Crippen molar-refractivity contribution in [1.29, 1.82) is 5.41 Å². The van der Waals surface area contributed by atoms with Gasteiger partial charge in [0, 0.05) is 19.5 Å². The third kappa shape index (κ3) is 2.88. The number of nitrogens with one attached hydrogen (secondary N) is 3. The second-order valence-corrected chi connectivity index (χ2v) is 6.02. The van der Waals surface area contributed by atoms with Crippen LogP contribution in [0.4, 0.5) is 16.8 Å². The van der Waals surface area contributed by atoms with Crippen molar-refractivity contribution in [3.05, 3.63) is 35.7 Å². The lowest BCUT2D eigenvalue weighted by molar-refractivity contribution is -0.114. The fraction of sp³-hybridized carbons (Fsp3) is 0.133. The van der Waals surface area contributed by atoms with Crippen molar-refractivity contribution in [3.8, 4) is 0 Å². The van der Waals surface area contributed by atoms with E-state index >= 15 is 0 Å². The summed E-state index contributed by atoms with van der Waals surface area (Å²) in [6.07, 6.45) is 1.35. The maximum Gasteiger partial charge on any atom is 0.223 e. The molecule has 24 heavy (non-hydrogen) atoms. The number of nitrogens with zero attached hydrogens (tertiary/aromatic N) is 3. The van der Waals surface area contributed by atoms with Gasteiger partial charge in [-0.25, -0.2) is 15.0 Å². The number of nitrogen functional groups attached to an aromatic ring is 1. The molecule has 8 nitrogen and oxygen atoms in total. The maximum atomic E-state index is 11.1. The summed E-state index contributed by atoms with van der Waals surface area (Å²) in [4.78, 5) is 23.5. The molecule has 1 amide bonds. The van der Waals surface area contributed by atoms with E-state index in [2.05, 4.69) is 25.6 Å². The van der Waals surface area contributed by atoms with E-state index in [-0.39, 0.29) is 17.4 Å². The number of rotatable bonds is 4. The van der Waals surface area contributed by atoms with Crippen LogP contribution in [0.15, 0.2) is 24.5 Å². The first-order valence-electron chi connectivity index (χ1n) is 7.05. The van der Waals surface area contributed by atoms with Gasteiger partial charge < -0.3 is 16.4 Å². The van der Waals surface area contributed by atoms with Gasteiger partial charge in [0.1, 0.15) is 18.0 Å². The normalized spacial score (nSPS) is 10.6. The first kappa shape index (κ1) is 15.8. The zero-order chi connectivity index (χ0) is 17.3. The molecule has 0 atom stereocenters. The Balaban J connectivity index is 2.03. The molecule has 3 aromatic rings. The highest BCUT2D eigenvalue weighted by molar-refractivity contribution is 7.22. The number of carbonyl (C=O) groups excluding carboxylic acids is 1. The molecule has 0 saturated carbocycles. The molecule has 5 N–H and O–H groups in total. The molecule has 0 bridgehead atoms. The summed E-state index contributed by atoms with van der Waals surface area (Å²) in [5, 5.41) is 14.6. The molecule has 122 valence electrons. The van der Waals surface area contributed by atoms with Crippen LogP contribution in [-0.4, -0.2) is 33.6 Å². The Morgan fingerprint density at radius 1 is 1.33 bits per heavy atom. The van der Waals surface area contributed by atoms with Crippen LogP contribution in [0.5, 0.6) is 0 Å². The highest BCUT2D eigenvalue weighted by Crippen LogP contribution is 2.29. The number of aromatic nitrogens is 3. The van der Waals surface area contributed by atoms with Gasteiger partial charge in [-0.2, -0.15) is 0 Å². The van der Waals surface area contributed by atoms with Crippen molar-refractivity contribution in [3.63, 3.8) is 0 Å². The molecular formula is C15H15N7OS. The van der Waals surface area contributed by atoms with Gasteiger partial charge in [0.05, 0.1) is 21.5 Å². The zero-order valence-corrected chi connectivity index (χ0v) is 13.9. The monoisotopic (exact) mass is 341 g/mol. The summed E-state index contributed by atoms with van der Waals surface area (Å²) in [6.45, 7) is 1.44. The number of hydrogen-bond acceptors (Lipinski definition) is 8. The van der Waals surface area contributed by atoms with Crippen LogP contribution in [0, 0.1) is 5.41 Å². The summed E-state index contributed by atoms with van der Waals surface area (Å²) < 4.78 is 0.863. The Labute approximate surface area is 141 Å². The van der Waals surface area contributed by atoms with E-state index in [1.807, 2.05) is 6.07 Å². The van der Waals surface area contributed by atoms with Crippen LogP contribution in [0.1, 0.15) is 18.1 Å². The molecule has 0 fully saturated rings. The number of carbonyl (C=O) groups is 1. The smallest absolute Gasteiger partial charge is 0.223 e. The molecule has 0 spiro atoms. The molecule has 1 aromatic carbocycles. The standard InChI is InChI=1S/C15H15N7OS/c1-7(23)21-15-22-9-4-3-8(5-10(9)24-15)12(16)11-13(17)19-6-20-14(11)18-2/h3-6,16H,1-2H3,(H,21,22,23)(H3,17,18,19,20). The lowest BCUT2D eigenvalue weighted by Crippen LogP contribution is -2.12. The lowest BCUT2D eigenvalue weighted by atomic mass is 10.0. The highest BCUT2D eigenvalue weighted by atomic mass is 32.1. The lowest BCUT2D eigenvalue weighted by Gasteiger charge is -2.11. The number of benzene rings is 1. The summed E-state index contributed by atoms with van der Waals surface area (Å²) >= 11 is 1.35. The van der Waals surface area contributed by atoms with Gasteiger partial charge in [-0.15, -0.1) is 0 Å². The summed E-state index contributed by atoms with van der Waals surface area (Å²) in [7, 11) is 1.71. The maximum absolute atomic E-state index is 11.1.